The Hall–Kier alpha value is -2.44. The van der Waals surface area contributed by atoms with Gasteiger partial charge in [-0.15, -0.1) is 0 Å². The van der Waals surface area contributed by atoms with E-state index in [1.807, 2.05) is 12.2 Å². The Morgan fingerprint density at radius 3 is 1.39 bits per heavy atom. The van der Waals surface area contributed by atoms with Gasteiger partial charge in [-0.1, -0.05) is 204 Å². The molecule has 0 spiro atoms. The van der Waals surface area contributed by atoms with Crippen molar-refractivity contribution in [3.05, 3.63) is 60.8 Å². The number of allylic oxidation sites excluding steroid dienone is 8. The number of aliphatic hydroxyl groups excluding tert-OH is 1. The van der Waals surface area contributed by atoms with Gasteiger partial charge in [-0.2, -0.15) is 0 Å². The molecule has 3 unspecified atom stereocenters. The third kappa shape index (κ3) is 35.9. The zero-order valence-corrected chi connectivity index (χ0v) is 36.5. The van der Waals surface area contributed by atoms with Crippen molar-refractivity contribution in [2.24, 2.45) is 5.92 Å². The van der Waals surface area contributed by atoms with E-state index < -0.39 is 6.10 Å². The number of carbonyl (C=O) groups excluding carboxylic acids is 2. The Bertz CT molecular complexity index is 1060. The Labute approximate surface area is 345 Å². The number of epoxide rings is 1. The van der Waals surface area contributed by atoms with Gasteiger partial charge in [-0.25, -0.2) is 0 Å². The molecule has 0 aromatic rings. The zero-order chi connectivity index (χ0) is 40.6. The maximum atomic E-state index is 12.0. The van der Waals surface area contributed by atoms with Crippen LogP contribution in [-0.4, -0.2) is 48.6 Å². The summed E-state index contributed by atoms with van der Waals surface area (Å²) < 4.78 is 16.0. The van der Waals surface area contributed by atoms with Crippen molar-refractivity contribution in [3.63, 3.8) is 0 Å². The van der Waals surface area contributed by atoms with E-state index >= 15 is 0 Å². The van der Waals surface area contributed by atoms with Gasteiger partial charge in [-0.05, 0) is 57.3 Å². The van der Waals surface area contributed by atoms with Crippen LogP contribution in [0.15, 0.2) is 60.8 Å². The van der Waals surface area contributed by atoms with Gasteiger partial charge >= 0.3 is 11.9 Å². The normalized spacial score (nSPS) is 16.9. The van der Waals surface area contributed by atoms with Crippen LogP contribution in [0.4, 0.5) is 0 Å². The van der Waals surface area contributed by atoms with Gasteiger partial charge in [0.05, 0.1) is 12.2 Å². The second kappa shape index (κ2) is 39.4. The summed E-state index contributed by atoms with van der Waals surface area (Å²) in [4.78, 5) is 24.0. The van der Waals surface area contributed by atoms with E-state index in [0.29, 0.717) is 25.0 Å². The molecule has 1 aliphatic rings. The van der Waals surface area contributed by atoms with Gasteiger partial charge in [0, 0.05) is 12.8 Å². The highest BCUT2D eigenvalue weighted by molar-refractivity contribution is 5.70. The van der Waals surface area contributed by atoms with E-state index in [4.69, 9.17) is 14.2 Å². The van der Waals surface area contributed by atoms with Crippen LogP contribution in [0.1, 0.15) is 207 Å². The molecular formula is C50H86O6. The maximum absolute atomic E-state index is 12.0. The summed E-state index contributed by atoms with van der Waals surface area (Å²) in [6, 6.07) is 0. The number of ether oxygens (including phenoxy) is 3. The predicted molar refractivity (Wildman–Crippen MR) is 237 cm³/mol. The topological polar surface area (TPSA) is 85.4 Å². The minimum Gasteiger partial charge on any atom is -0.463 e. The summed E-state index contributed by atoms with van der Waals surface area (Å²) in [7, 11) is 0. The molecule has 0 saturated carbocycles. The Balaban J connectivity index is 1.82. The highest BCUT2D eigenvalue weighted by atomic mass is 16.6. The SMILES string of the molecule is CC/C=C\CC1OC1C/C=C\C/C=C\C/C=C\C/C=C\CCC(=O)OC[C@@H](O)COC(=O)CCCCCCCCCCCCCCCCCCCCC(C)CC. The van der Waals surface area contributed by atoms with Crippen molar-refractivity contribution in [3.8, 4) is 0 Å². The van der Waals surface area contributed by atoms with Crippen LogP contribution in [0.2, 0.25) is 0 Å². The monoisotopic (exact) mass is 783 g/mol. The smallest absolute Gasteiger partial charge is 0.306 e. The first kappa shape index (κ1) is 51.6. The molecule has 0 bridgehead atoms. The van der Waals surface area contributed by atoms with Crippen molar-refractivity contribution < 1.29 is 28.9 Å². The van der Waals surface area contributed by atoms with Crippen molar-refractivity contribution in [2.75, 3.05) is 13.2 Å². The average molecular weight is 783 g/mol. The number of unbranched alkanes of at least 4 members (excludes halogenated alkanes) is 17. The molecule has 56 heavy (non-hydrogen) atoms. The number of rotatable bonds is 40. The molecule has 0 aliphatic carbocycles. The zero-order valence-electron chi connectivity index (χ0n) is 36.5. The molecule has 0 amide bonds. The third-order valence-electron chi connectivity index (χ3n) is 10.7. The molecule has 1 rings (SSSR count). The summed E-state index contributed by atoms with van der Waals surface area (Å²) in [5.41, 5.74) is 0. The molecule has 1 aliphatic heterocycles. The second-order valence-electron chi connectivity index (χ2n) is 16.1. The lowest BCUT2D eigenvalue weighted by molar-refractivity contribution is -0.152. The van der Waals surface area contributed by atoms with Gasteiger partial charge in [0.15, 0.2) is 0 Å². The largest absolute Gasteiger partial charge is 0.463 e. The number of hydrogen-bond acceptors (Lipinski definition) is 6. The first-order chi connectivity index (χ1) is 27.5. The van der Waals surface area contributed by atoms with Crippen molar-refractivity contribution in [1.82, 2.24) is 0 Å². The molecule has 0 aromatic heterocycles. The van der Waals surface area contributed by atoms with Crippen LogP contribution in [0.25, 0.3) is 0 Å². The van der Waals surface area contributed by atoms with Crippen LogP contribution < -0.4 is 0 Å². The minimum absolute atomic E-state index is 0.142. The van der Waals surface area contributed by atoms with Gasteiger partial charge in [0.2, 0.25) is 0 Å². The first-order valence-corrected chi connectivity index (χ1v) is 23.4. The molecule has 0 radical (unpaired) electrons. The number of carbonyl (C=O) groups is 2. The quantitative estimate of drug-likeness (QED) is 0.0288. The van der Waals surface area contributed by atoms with Gasteiger partial charge < -0.3 is 19.3 Å². The van der Waals surface area contributed by atoms with Crippen LogP contribution in [0, 0.1) is 5.92 Å². The lowest BCUT2D eigenvalue weighted by atomic mass is 9.99. The fourth-order valence-corrected chi connectivity index (χ4v) is 6.72. The van der Waals surface area contributed by atoms with Gasteiger partial charge in [-0.3, -0.25) is 9.59 Å². The molecule has 6 nitrogen and oxygen atoms in total. The van der Waals surface area contributed by atoms with Crippen molar-refractivity contribution in [1.29, 1.82) is 0 Å². The van der Waals surface area contributed by atoms with Gasteiger partial charge in [0.25, 0.3) is 0 Å². The Morgan fingerprint density at radius 2 is 0.929 bits per heavy atom. The molecular weight excluding hydrogens is 697 g/mol. The number of esters is 2. The summed E-state index contributed by atoms with van der Waals surface area (Å²) >= 11 is 0. The standard InChI is InChI=1S/C50H86O6/c1-4-6-33-39-47-48(56-47)40-35-30-26-22-18-15-16-20-24-28-32-37-42-50(53)55-44-46(51)43-54-49(52)41-36-31-27-23-19-14-12-10-8-7-9-11-13-17-21-25-29-34-38-45(3)5-2/h6,16,18,20,22,28,30,32-33,35,45-48,51H,4-5,7-15,17,19,21,23-27,29,31,34,36-44H2,1-3H3/b20-16-,22-18-,32-28-,33-6-,35-30-/t45?,46-,47?,48?/m0/s1. The van der Waals surface area contributed by atoms with E-state index in [1.54, 1.807) is 0 Å². The van der Waals surface area contributed by atoms with E-state index in [1.165, 1.54) is 109 Å². The lowest BCUT2D eigenvalue weighted by Crippen LogP contribution is -2.25. The van der Waals surface area contributed by atoms with Crippen LogP contribution >= 0.6 is 0 Å². The van der Waals surface area contributed by atoms with Crippen LogP contribution in [-0.2, 0) is 23.8 Å². The highest BCUT2D eigenvalue weighted by Crippen LogP contribution is 2.29. The van der Waals surface area contributed by atoms with E-state index in [9.17, 15) is 14.7 Å². The highest BCUT2D eigenvalue weighted by Gasteiger charge is 2.35. The molecule has 1 saturated heterocycles. The summed E-state index contributed by atoms with van der Waals surface area (Å²) in [5.74, 6) is 0.251. The number of aliphatic hydroxyl groups is 1. The predicted octanol–water partition coefficient (Wildman–Crippen LogP) is 14.0. The van der Waals surface area contributed by atoms with Crippen LogP contribution in [0.3, 0.4) is 0 Å². The summed E-state index contributed by atoms with van der Waals surface area (Å²) in [6.07, 6.45) is 54.8. The fraction of sp³-hybridized carbons (Fsp3) is 0.760. The molecule has 1 heterocycles. The fourth-order valence-electron chi connectivity index (χ4n) is 6.72. The second-order valence-corrected chi connectivity index (χ2v) is 16.1. The third-order valence-corrected chi connectivity index (χ3v) is 10.7. The van der Waals surface area contributed by atoms with E-state index in [0.717, 1.165) is 63.7 Å². The average Bonchev–Trinajstić information content (AvgIpc) is 3.96. The molecule has 4 atom stereocenters. The summed E-state index contributed by atoms with van der Waals surface area (Å²) in [5, 5.41) is 10.1. The van der Waals surface area contributed by atoms with E-state index in [2.05, 4.69) is 69.4 Å². The first-order valence-electron chi connectivity index (χ1n) is 23.4. The van der Waals surface area contributed by atoms with E-state index in [-0.39, 0.29) is 31.6 Å². The summed E-state index contributed by atoms with van der Waals surface area (Å²) in [6.45, 7) is 6.53. The molecule has 1 fully saturated rings. The maximum Gasteiger partial charge on any atom is 0.306 e. The van der Waals surface area contributed by atoms with Crippen LogP contribution in [0.5, 0.6) is 0 Å². The van der Waals surface area contributed by atoms with Gasteiger partial charge in [0.1, 0.15) is 19.3 Å². The lowest BCUT2D eigenvalue weighted by Gasteiger charge is -2.12. The van der Waals surface area contributed by atoms with Crippen molar-refractivity contribution >= 4 is 11.9 Å². The molecule has 6 heteroatoms. The number of hydrogen-bond donors (Lipinski definition) is 1. The van der Waals surface area contributed by atoms with Crippen molar-refractivity contribution in [2.45, 2.75) is 225 Å². The molecule has 1 N–H and O–H groups in total. The minimum atomic E-state index is -0.999. The molecule has 0 aromatic carbocycles. The Kier molecular flexibility index (Phi) is 36.3. The molecule has 322 valence electrons. The Morgan fingerprint density at radius 1 is 0.536 bits per heavy atom.